The van der Waals surface area contributed by atoms with Crippen molar-refractivity contribution in [2.75, 3.05) is 11.9 Å². The molecule has 0 radical (unpaired) electrons. The molecule has 5 atom stereocenters. The summed E-state index contributed by atoms with van der Waals surface area (Å²) in [4.78, 5) is 52.2. The minimum absolute atomic E-state index is 0.160. The van der Waals surface area contributed by atoms with Crippen molar-refractivity contribution in [1.82, 2.24) is 9.55 Å². The monoisotopic (exact) mass is 557 g/mol. The second-order valence-corrected chi connectivity index (χ2v) is 11.6. The van der Waals surface area contributed by atoms with Crippen molar-refractivity contribution in [3.8, 4) is 11.5 Å². The number of rotatable bonds is 8. The fourth-order valence-corrected chi connectivity index (χ4v) is 6.26. The zero-order valence-corrected chi connectivity index (χ0v) is 19.9. The summed E-state index contributed by atoms with van der Waals surface area (Å²) in [5.41, 5.74) is -0.159. The molecule has 35 heavy (non-hydrogen) atoms. The number of phosphoric acid groups is 3. The molecule has 2 aliphatic heterocycles. The van der Waals surface area contributed by atoms with E-state index in [-0.39, 0.29) is 18.0 Å². The van der Waals surface area contributed by atoms with Gasteiger partial charge in [0.15, 0.2) is 17.3 Å². The molecule has 6 N–H and O–H groups in total. The molecule has 1 fully saturated rings. The van der Waals surface area contributed by atoms with Crippen molar-refractivity contribution in [3.05, 3.63) is 40.9 Å². The Morgan fingerprint density at radius 3 is 2.51 bits per heavy atom. The summed E-state index contributed by atoms with van der Waals surface area (Å²) >= 11 is 0. The fourth-order valence-electron chi connectivity index (χ4n) is 3.23. The first-order valence-electron chi connectivity index (χ1n) is 9.50. The SMILES string of the molecule is O=c1nc2c(cn1[C@H]1C[C@H](O)[C@@H](COP(=O)(O)OP(=O)(O)OP(=O)(O)O)O1)Oc1ccccc1N2. The zero-order valence-electron chi connectivity index (χ0n) is 17.2. The highest BCUT2D eigenvalue weighted by Gasteiger charge is 2.43. The maximum absolute atomic E-state index is 12.5. The molecule has 1 aromatic carbocycles. The molecule has 1 aromatic heterocycles. The van der Waals surface area contributed by atoms with E-state index in [1.165, 1.54) is 6.20 Å². The second kappa shape index (κ2) is 9.48. The molecule has 1 saturated heterocycles. The number of benzene rings is 1. The Morgan fingerprint density at radius 1 is 1.09 bits per heavy atom. The van der Waals surface area contributed by atoms with Gasteiger partial charge in [0.1, 0.15) is 12.3 Å². The van der Waals surface area contributed by atoms with Crippen LogP contribution >= 0.6 is 23.5 Å². The van der Waals surface area contributed by atoms with Crippen LogP contribution in [-0.4, -0.2) is 53.0 Å². The lowest BCUT2D eigenvalue weighted by Gasteiger charge is -2.22. The number of hydrogen-bond donors (Lipinski definition) is 6. The number of para-hydroxylation sites is 2. The highest BCUT2D eigenvalue weighted by molar-refractivity contribution is 7.66. The smallest absolute Gasteiger partial charge is 0.450 e. The number of hydrogen-bond acceptors (Lipinski definition) is 12. The van der Waals surface area contributed by atoms with E-state index in [9.17, 15) is 33.4 Å². The van der Waals surface area contributed by atoms with Crippen molar-refractivity contribution in [3.63, 3.8) is 0 Å². The first kappa shape index (κ1) is 26.1. The molecule has 0 aliphatic carbocycles. The van der Waals surface area contributed by atoms with E-state index in [1.807, 2.05) is 0 Å². The van der Waals surface area contributed by atoms with E-state index in [0.717, 1.165) is 4.57 Å². The third kappa shape index (κ3) is 6.43. The molecule has 17 nitrogen and oxygen atoms in total. The quantitative estimate of drug-likeness (QED) is 0.212. The molecule has 2 aromatic rings. The van der Waals surface area contributed by atoms with Gasteiger partial charge in [-0.05, 0) is 12.1 Å². The number of ether oxygens (including phenoxy) is 2. The number of nitrogens with one attached hydrogen (secondary N) is 1. The topological polar surface area (TPSA) is 245 Å². The van der Waals surface area contributed by atoms with E-state index >= 15 is 0 Å². The van der Waals surface area contributed by atoms with Gasteiger partial charge in [0.05, 0.1) is 24.6 Å². The predicted molar refractivity (Wildman–Crippen MR) is 113 cm³/mol. The normalized spacial score (nSPS) is 24.9. The average molecular weight is 557 g/mol. The first-order valence-corrected chi connectivity index (χ1v) is 14.0. The van der Waals surface area contributed by atoms with Crippen LogP contribution in [0.5, 0.6) is 11.5 Å². The largest absolute Gasteiger partial charge is 0.490 e. The number of aromatic nitrogens is 2. The van der Waals surface area contributed by atoms with Crippen LogP contribution < -0.4 is 15.7 Å². The maximum atomic E-state index is 12.5. The molecule has 20 heteroatoms. The van der Waals surface area contributed by atoms with E-state index < -0.39 is 54.2 Å². The number of anilines is 2. The van der Waals surface area contributed by atoms with Crippen LogP contribution in [0.4, 0.5) is 11.5 Å². The lowest BCUT2D eigenvalue weighted by molar-refractivity contribution is -0.0450. The second-order valence-electron chi connectivity index (χ2n) is 7.19. The molecular formula is C15H18N3O14P3. The van der Waals surface area contributed by atoms with Crippen molar-refractivity contribution in [1.29, 1.82) is 0 Å². The molecule has 0 saturated carbocycles. The maximum Gasteiger partial charge on any atom is 0.490 e. The van der Waals surface area contributed by atoms with Crippen LogP contribution in [0.15, 0.2) is 35.3 Å². The summed E-state index contributed by atoms with van der Waals surface area (Å²) in [5.74, 6) is 0.832. The van der Waals surface area contributed by atoms with Crippen LogP contribution in [0.3, 0.4) is 0 Å². The summed E-state index contributed by atoms with van der Waals surface area (Å²) in [6.07, 6.45) is -2.60. The van der Waals surface area contributed by atoms with Crippen molar-refractivity contribution < 1.29 is 61.0 Å². The van der Waals surface area contributed by atoms with Gasteiger partial charge < -0.3 is 39.5 Å². The lowest BCUT2D eigenvalue weighted by atomic mass is 10.2. The van der Waals surface area contributed by atoms with Crippen LogP contribution in [0.25, 0.3) is 0 Å². The van der Waals surface area contributed by atoms with E-state index in [0.29, 0.717) is 11.4 Å². The minimum Gasteiger partial charge on any atom is -0.450 e. The van der Waals surface area contributed by atoms with Gasteiger partial charge in [-0.1, -0.05) is 12.1 Å². The molecule has 0 bridgehead atoms. The van der Waals surface area contributed by atoms with Crippen LogP contribution in [0.2, 0.25) is 0 Å². The van der Waals surface area contributed by atoms with Gasteiger partial charge in [0, 0.05) is 6.42 Å². The van der Waals surface area contributed by atoms with E-state index in [2.05, 4.69) is 23.4 Å². The Kier molecular flexibility index (Phi) is 7.07. The number of aliphatic hydroxyl groups is 1. The van der Waals surface area contributed by atoms with E-state index in [4.69, 9.17) is 19.3 Å². The summed E-state index contributed by atoms with van der Waals surface area (Å²) in [6.45, 7) is -0.875. The summed E-state index contributed by atoms with van der Waals surface area (Å²) in [7, 11) is -16.6. The molecule has 2 aliphatic rings. The molecule has 3 heterocycles. The Hall–Kier alpha value is -1.97. The highest BCUT2D eigenvalue weighted by Crippen LogP contribution is 2.66. The predicted octanol–water partition coefficient (Wildman–Crippen LogP) is 1.08. The van der Waals surface area contributed by atoms with Crippen molar-refractivity contribution >= 4 is 35.0 Å². The molecule has 4 rings (SSSR count). The number of fused-ring (bicyclic) bond motifs is 2. The Labute approximate surface area is 195 Å². The van der Waals surface area contributed by atoms with E-state index in [1.54, 1.807) is 24.3 Å². The van der Waals surface area contributed by atoms with Crippen LogP contribution in [-0.2, 0) is 31.6 Å². The van der Waals surface area contributed by atoms with Gasteiger partial charge in [-0.25, -0.2) is 18.5 Å². The third-order valence-electron chi connectivity index (χ3n) is 4.61. The molecule has 0 spiro atoms. The Bertz CT molecular complexity index is 1330. The molecule has 2 unspecified atom stereocenters. The van der Waals surface area contributed by atoms with Crippen molar-refractivity contribution in [2.45, 2.75) is 24.9 Å². The lowest BCUT2D eigenvalue weighted by Crippen LogP contribution is -2.29. The van der Waals surface area contributed by atoms with Crippen molar-refractivity contribution in [2.24, 2.45) is 0 Å². The molecule has 192 valence electrons. The van der Waals surface area contributed by atoms with Gasteiger partial charge >= 0.3 is 29.2 Å². The molecular weight excluding hydrogens is 539 g/mol. The summed E-state index contributed by atoms with van der Waals surface area (Å²) in [6, 6.07) is 6.92. The van der Waals surface area contributed by atoms with Gasteiger partial charge in [0.2, 0.25) is 0 Å². The minimum atomic E-state index is -5.69. The first-order chi connectivity index (χ1) is 16.2. The summed E-state index contributed by atoms with van der Waals surface area (Å²) < 4.78 is 57.9. The standard InChI is InChI=1S/C15H18N3O14P3/c19-9-5-13(30-12(9)7-28-34(24,25)32-35(26,27)31-33(21,22)23)18-6-11-14(17-15(18)20)16-8-3-1-2-4-10(8)29-11/h1-4,6,9,12-13,19H,5,7H2,(H,24,25)(H,26,27)(H,16,17,20)(H2,21,22,23)/t9-,12+,13+/m0/s1. The number of nitrogens with zero attached hydrogens (tertiary/aromatic N) is 2. The fraction of sp³-hybridized carbons (Fsp3) is 0.333. The average Bonchev–Trinajstić information content (AvgIpc) is 3.08. The highest BCUT2D eigenvalue weighted by atomic mass is 31.3. The number of phosphoric ester groups is 1. The number of aliphatic hydroxyl groups excluding tert-OH is 1. The van der Waals surface area contributed by atoms with Gasteiger partial charge in [-0.3, -0.25) is 9.09 Å². The van der Waals surface area contributed by atoms with Crippen LogP contribution in [0, 0.1) is 0 Å². The molecule has 0 amide bonds. The van der Waals surface area contributed by atoms with Gasteiger partial charge in [0.25, 0.3) is 0 Å². The van der Waals surface area contributed by atoms with Gasteiger partial charge in [-0.15, -0.1) is 0 Å². The summed E-state index contributed by atoms with van der Waals surface area (Å²) in [5, 5.41) is 13.2. The Morgan fingerprint density at radius 2 is 1.80 bits per heavy atom. The van der Waals surface area contributed by atoms with Gasteiger partial charge in [-0.2, -0.15) is 13.6 Å². The van der Waals surface area contributed by atoms with Crippen LogP contribution in [0.1, 0.15) is 12.6 Å². The third-order valence-corrected chi connectivity index (χ3v) is 8.41. The zero-order chi connectivity index (χ0) is 25.6. The Balaban J connectivity index is 1.42.